The average Bonchev–Trinajstić information content (AvgIpc) is 3.14. The van der Waals surface area contributed by atoms with E-state index in [1.54, 1.807) is 0 Å². The first kappa shape index (κ1) is 51.0. The third kappa shape index (κ3) is 49.0. The number of hydrogen-bond acceptors (Lipinski definition) is 13. The highest BCUT2D eigenvalue weighted by molar-refractivity contribution is 5.66. The number of carbonyl (C=O) groups is 1. The number of hydrogen-bond donors (Lipinski definition) is 1. The largest absolute Gasteiger partial charge is 0.481 e. The Hall–Kier alpha value is -1.01. The molecule has 52 heavy (non-hydrogen) atoms. The van der Waals surface area contributed by atoms with Gasteiger partial charge in [0, 0.05) is 6.61 Å². The summed E-state index contributed by atoms with van der Waals surface area (Å²) in [5.74, 6) is -0.872. The van der Waals surface area contributed by atoms with Crippen LogP contribution in [-0.4, -0.2) is 170 Å². The normalized spacial score (nSPS) is 11.6. The van der Waals surface area contributed by atoms with E-state index < -0.39 is 5.97 Å². The minimum absolute atomic E-state index is 0.000759. The summed E-state index contributed by atoms with van der Waals surface area (Å²) in [7, 11) is 0. The van der Waals surface area contributed by atoms with Crippen molar-refractivity contribution in [2.24, 2.45) is 0 Å². The van der Waals surface area contributed by atoms with Gasteiger partial charge in [-0.2, -0.15) is 0 Å². The van der Waals surface area contributed by atoms with Gasteiger partial charge in [0.1, 0.15) is 0 Å². The predicted octanol–water partition coefficient (Wildman–Crippen LogP) is 4.97. The summed E-state index contributed by atoms with van der Waals surface area (Å²) in [4.78, 5) is 10.3. The summed E-state index contributed by atoms with van der Waals surface area (Å²) in [6, 6.07) is 0. The molecule has 0 rings (SSSR count). The Morgan fingerprint density at radius 2 is 0.481 bits per heavy atom. The fraction of sp³-hybridized carbons (Fsp3) is 0.974. The third-order valence-electron chi connectivity index (χ3n) is 7.44. The molecule has 0 saturated heterocycles. The maximum absolute atomic E-state index is 10.3. The summed E-state index contributed by atoms with van der Waals surface area (Å²) in [5.41, 5.74) is 0. The fourth-order valence-corrected chi connectivity index (χ4v) is 4.55. The van der Waals surface area contributed by atoms with Crippen LogP contribution in [0.15, 0.2) is 0 Å². The topological polar surface area (TPSA) is 148 Å². The highest BCUT2D eigenvalue weighted by Crippen LogP contribution is 2.11. The molecule has 14 heteroatoms. The van der Waals surface area contributed by atoms with Gasteiger partial charge in [0.05, 0.1) is 158 Å². The van der Waals surface area contributed by atoms with Gasteiger partial charge in [-0.05, 0) is 6.42 Å². The Labute approximate surface area is 315 Å². The first-order chi connectivity index (χ1) is 25.8. The lowest BCUT2D eigenvalue weighted by molar-refractivity contribution is -0.138. The zero-order chi connectivity index (χ0) is 37.5. The van der Waals surface area contributed by atoms with Crippen molar-refractivity contribution in [3.05, 3.63) is 0 Å². The van der Waals surface area contributed by atoms with Crippen molar-refractivity contribution in [1.29, 1.82) is 0 Å². The van der Waals surface area contributed by atoms with Crippen LogP contribution in [0.3, 0.4) is 0 Å². The van der Waals surface area contributed by atoms with E-state index in [0.717, 1.165) is 13.0 Å². The van der Waals surface area contributed by atoms with Crippen LogP contribution < -0.4 is 0 Å². The minimum Gasteiger partial charge on any atom is -0.481 e. The highest BCUT2D eigenvalue weighted by atomic mass is 16.6. The van der Waals surface area contributed by atoms with Crippen LogP contribution in [0.25, 0.3) is 0 Å². The monoisotopic (exact) mass is 757 g/mol. The summed E-state index contributed by atoms with van der Waals surface area (Å²) >= 11 is 0. The molecule has 0 bridgehead atoms. The molecule has 0 radical (unpaired) electrons. The fourth-order valence-electron chi connectivity index (χ4n) is 4.55. The van der Waals surface area contributed by atoms with Gasteiger partial charge < -0.3 is 61.9 Å². The second-order valence-electron chi connectivity index (χ2n) is 12.0. The predicted molar refractivity (Wildman–Crippen MR) is 199 cm³/mol. The molecule has 0 saturated carbocycles. The lowest BCUT2D eigenvalue weighted by atomic mass is 10.1. The van der Waals surface area contributed by atoms with Gasteiger partial charge >= 0.3 is 5.97 Å². The lowest BCUT2D eigenvalue weighted by Crippen LogP contribution is -2.15. The third-order valence-corrected chi connectivity index (χ3v) is 7.44. The average molecular weight is 757 g/mol. The van der Waals surface area contributed by atoms with E-state index in [1.165, 1.54) is 64.2 Å². The summed E-state index contributed by atoms with van der Waals surface area (Å²) < 4.78 is 65.5. The van der Waals surface area contributed by atoms with Gasteiger partial charge in [-0.15, -0.1) is 0 Å². The molecule has 0 heterocycles. The Kier molecular flexibility index (Phi) is 47.1. The van der Waals surface area contributed by atoms with Gasteiger partial charge in [-0.3, -0.25) is 4.79 Å². The van der Waals surface area contributed by atoms with Crippen LogP contribution in [0.5, 0.6) is 0 Å². The van der Waals surface area contributed by atoms with Crippen molar-refractivity contribution in [2.45, 2.75) is 84.0 Å². The maximum atomic E-state index is 10.3. The van der Waals surface area contributed by atoms with Crippen LogP contribution in [0, 0.1) is 0 Å². The highest BCUT2D eigenvalue weighted by Gasteiger charge is 1.99. The van der Waals surface area contributed by atoms with Crippen molar-refractivity contribution in [3.63, 3.8) is 0 Å². The first-order valence-corrected chi connectivity index (χ1v) is 19.9. The molecule has 0 aliphatic heterocycles. The summed E-state index contributed by atoms with van der Waals surface area (Å²) in [6.45, 7) is 14.4. The number of carboxylic acids is 1. The Morgan fingerprint density at radius 1 is 0.288 bits per heavy atom. The molecule has 0 atom stereocenters. The number of unbranched alkanes of at least 4 members (excludes halogenated alkanes) is 10. The molecule has 0 aliphatic rings. The van der Waals surface area contributed by atoms with Crippen molar-refractivity contribution in [1.82, 2.24) is 0 Å². The van der Waals surface area contributed by atoms with E-state index in [-0.39, 0.29) is 13.0 Å². The second-order valence-corrected chi connectivity index (χ2v) is 12.0. The van der Waals surface area contributed by atoms with E-state index in [9.17, 15) is 4.79 Å². The van der Waals surface area contributed by atoms with Crippen molar-refractivity contribution < 1.29 is 66.7 Å². The van der Waals surface area contributed by atoms with Gasteiger partial charge in [0.15, 0.2) is 0 Å². The van der Waals surface area contributed by atoms with Crippen LogP contribution >= 0.6 is 0 Å². The maximum Gasteiger partial charge on any atom is 0.305 e. The number of ether oxygens (including phenoxy) is 12. The van der Waals surface area contributed by atoms with Gasteiger partial charge in [0.2, 0.25) is 0 Å². The summed E-state index contributed by atoms with van der Waals surface area (Å²) in [6.07, 6.45) is 14.8. The molecule has 312 valence electrons. The van der Waals surface area contributed by atoms with Gasteiger partial charge in [-0.1, -0.05) is 71.1 Å². The van der Waals surface area contributed by atoms with E-state index >= 15 is 0 Å². The number of rotatable bonds is 48. The minimum atomic E-state index is -0.872. The molecule has 0 aromatic heterocycles. The molecular formula is C38H76O14. The molecule has 0 aromatic carbocycles. The lowest BCUT2D eigenvalue weighted by Gasteiger charge is -2.09. The van der Waals surface area contributed by atoms with Crippen molar-refractivity contribution in [3.8, 4) is 0 Å². The van der Waals surface area contributed by atoms with Crippen LogP contribution in [0.1, 0.15) is 84.0 Å². The quantitative estimate of drug-likeness (QED) is 0.0833. The van der Waals surface area contributed by atoms with Crippen molar-refractivity contribution >= 4 is 5.97 Å². The zero-order valence-corrected chi connectivity index (χ0v) is 32.7. The molecule has 0 unspecified atom stereocenters. The number of aliphatic carboxylic acids is 1. The van der Waals surface area contributed by atoms with Crippen molar-refractivity contribution in [2.75, 3.05) is 159 Å². The molecule has 0 aromatic rings. The number of carboxylic acid groups (broad SMARTS) is 1. The van der Waals surface area contributed by atoms with Crippen LogP contribution in [-0.2, 0) is 61.6 Å². The second kappa shape index (κ2) is 48.0. The van der Waals surface area contributed by atoms with Gasteiger partial charge in [-0.25, -0.2) is 0 Å². The van der Waals surface area contributed by atoms with E-state index in [2.05, 4.69) is 6.92 Å². The first-order valence-electron chi connectivity index (χ1n) is 19.9. The standard InChI is InChI=1S/C38H76O14/c1-2-3-4-5-6-7-8-9-10-11-12-14-41-16-18-43-20-22-45-24-26-47-28-30-49-32-34-51-36-37-52-35-33-50-31-29-48-27-25-46-23-21-44-19-17-42-15-13-38(39)40/h2-37H2,1H3,(H,39,40). The van der Waals surface area contributed by atoms with Crippen LogP contribution in [0.2, 0.25) is 0 Å². The molecule has 0 aliphatic carbocycles. The van der Waals surface area contributed by atoms with Crippen LogP contribution in [0.4, 0.5) is 0 Å². The molecule has 0 fully saturated rings. The zero-order valence-electron chi connectivity index (χ0n) is 32.7. The summed E-state index contributed by atoms with van der Waals surface area (Å²) in [5, 5.41) is 8.50. The molecular weight excluding hydrogens is 680 g/mol. The molecule has 14 nitrogen and oxygen atoms in total. The van der Waals surface area contributed by atoms with E-state index in [1.807, 2.05) is 0 Å². The van der Waals surface area contributed by atoms with E-state index in [0.29, 0.717) is 145 Å². The Bertz CT molecular complexity index is 661. The van der Waals surface area contributed by atoms with E-state index in [4.69, 9.17) is 61.9 Å². The Morgan fingerprint density at radius 3 is 0.712 bits per heavy atom. The van der Waals surface area contributed by atoms with Gasteiger partial charge in [0.25, 0.3) is 0 Å². The molecule has 1 N–H and O–H groups in total. The SMILES string of the molecule is CCCCCCCCCCCCCOCCOCCOCCOCCOCCOCCOCCOCCOCCOCCOCCOCCC(=O)O. The smallest absolute Gasteiger partial charge is 0.305 e. The molecule has 0 spiro atoms. The Balaban J connectivity index is 3.05. The molecule has 0 amide bonds.